The van der Waals surface area contributed by atoms with Gasteiger partial charge in [0.15, 0.2) is 5.82 Å². The van der Waals surface area contributed by atoms with Gasteiger partial charge < -0.3 is 19.8 Å². The van der Waals surface area contributed by atoms with Crippen LogP contribution >= 0.6 is 0 Å². The van der Waals surface area contributed by atoms with Crippen LogP contribution in [-0.4, -0.2) is 57.1 Å². The molecule has 0 saturated carbocycles. The van der Waals surface area contributed by atoms with E-state index in [1.807, 2.05) is 10.7 Å². The van der Waals surface area contributed by atoms with Crippen LogP contribution in [0.25, 0.3) is 0 Å². The standard InChI is InChI=1S/C17H25N5O3/c1-13-12-16(20-25-13)19-17(24)5-9-21-7-3-14(4-8-21)15-2-6-18-22(15)10-11-23/h2,6,12,14,23H,3-5,7-11H2,1H3,(H,19,20,24). The molecule has 136 valence electrons. The second kappa shape index (κ2) is 8.26. The SMILES string of the molecule is Cc1cc(NC(=O)CCN2CCC(c3ccnn3CCO)CC2)no1. The largest absolute Gasteiger partial charge is 0.394 e. The van der Waals surface area contributed by atoms with Crippen molar-refractivity contribution >= 4 is 11.7 Å². The average Bonchev–Trinajstić information content (AvgIpc) is 3.23. The molecule has 0 bridgehead atoms. The predicted octanol–water partition coefficient (Wildman–Crippen LogP) is 1.38. The molecule has 1 saturated heterocycles. The van der Waals surface area contributed by atoms with E-state index in [2.05, 4.69) is 20.5 Å². The van der Waals surface area contributed by atoms with Gasteiger partial charge in [-0.2, -0.15) is 5.10 Å². The molecule has 1 fully saturated rings. The lowest BCUT2D eigenvalue weighted by Gasteiger charge is -2.32. The van der Waals surface area contributed by atoms with Crippen LogP contribution in [0, 0.1) is 6.92 Å². The van der Waals surface area contributed by atoms with Gasteiger partial charge in [-0.25, -0.2) is 0 Å². The number of rotatable bonds is 7. The average molecular weight is 347 g/mol. The number of hydrogen-bond donors (Lipinski definition) is 2. The zero-order chi connectivity index (χ0) is 17.6. The number of carbonyl (C=O) groups is 1. The number of anilines is 1. The fourth-order valence-electron chi connectivity index (χ4n) is 3.31. The van der Waals surface area contributed by atoms with Crippen LogP contribution < -0.4 is 5.32 Å². The second-order valence-corrected chi connectivity index (χ2v) is 6.44. The Balaban J connectivity index is 1.41. The van der Waals surface area contributed by atoms with E-state index in [0.29, 0.717) is 30.5 Å². The number of carbonyl (C=O) groups excluding carboxylic acids is 1. The van der Waals surface area contributed by atoms with Crippen LogP contribution in [0.2, 0.25) is 0 Å². The van der Waals surface area contributed by atoms with Crippen molar-refractivity contribution < 1.29 is 14.4 Å². The summed E-state index contributed by atoms with van der Waals surface area (Å²) < 4.78 is 6.83. The number of nitrogens with one attached hydrogen (secondary N) is 1. The Labute approximate surface area is 146 Å². The van der Waals surface area contributed by atoms with E-state index in [9.17, 15) is 4.79 Å². The number of amides is 1. The molecule has 1 aliphatic heterocycles. The van der Waals surface area contributed by atoms with Gasteiger partial charge in [-0.15, -0.1) is 0 Å². The molecular formula is C17H25N5O3. The van der Waals surface area contributed by atoms with E-state index in [1.54, 1.807) is 19.2 Å². The van der Waals surface area contributed by atoms with Crippen molar-refractivity contribution in [2.75, 3.05) is 31.6 Å². The zero-order valence-corrected chi connectivity index (χ0v) is 14.5. The maximum Gasteiger partial charge on any atom is 0.226 e. The number of piperidine rings is 1. The van der Waals surface area contributed by atoms with Crippen LogP contribution in [0.5, 0.6) is 0 Å². The summed E-state index contributed by atoms with van der Waals surface area (Å²) in [5.74, 6) is 1.57. The van der Waals surface area contributed by atoms with Crippen molar-refractivity contribution in [1.82, 2.24) is 19.8 Å². The molecule has 0 spiro atoms. The van der Waals surface area contributed by atoms with Crippen molar-refractivity contribution in [1.29, 1.82) is 0 Å². The van der Waals surface area contributed by atoms with Gasteiger partial charge in [-0.3, -0.25) is 9.48 Å². The first kappa shape index (κ1) is 17.6. The molecule has 0 atom stereocenters. The number of nitrogens with zero attached hydrogens (tertiary/aromatic N) is 4. The zero-order valence-electron chi connectivity index (χ0n) is 14.5. The first-order valence-electron chi connectivity index (χ1n) is 8.74. The minimum absolute atomic E-state index is 0.0450. The maximum absolute atomic E-state index is 12.0. The molecule has 2 aromatic heterocycles. The van der Waals surface area contributed by atoms with E-state index >= 15 is 0 Å². The topological polar surface area (TPSA) is 96.4 Å². The van der Waals surface area contributed by atoms with Crippen molar-refractivity contribution in [3.8, 4) is 0 Å². The Kier molecular flexibility index (Phi) is 5.83. The van der Waals surface area contributed by atoms with Gasteiger partial charge in [-0.05, 0) is 38.9 Å². The molecule has 0 radical (unpaired) electrons. The Hall–Kier alpha value is -2.19. The van der Waals surface area contributed by atoms with Gasteiger partial charge in [0.25, 0.3) is 0 Å². The lowest BCUT2D eigenvalue weighted by atomic mass is 9.93. The van der Waals surface area contributed by atoms with Crippen LogP contribution in [0.1, 0.15) is 36.6 Å². The molecule has 1 aliphatic rings. The number of hydrogen-bond acceptors (Lipinski definition) is 6. The number of aliphatic hydroxyl groups is 1. The van der Waals surface area contributed by atoms with Crippen molar-refractivity contribution in [3.63, 3.8) is 0 Å². The summed E-state index contributed by atoms with van der Waals surface area (Å²) in [5, 5.41) is 19.9. The summed E-state index contributed by atoms with van der Waals surface area (Å²) in [7, 11) is 0. The summed E-state index contributed by atoms with van der Waals surface area (Å²) in [6.45, 7) is 5.11. The second-order valence-electron chi connectivity index (χ2n) is 6.44. The van der Waals surface area contributed by atoms with Crippen molar-refractivity contribution in [2.45, 2.75) is 38.6 Å². The molecular weight excluding hydrogens is 322 g/mol. The summed E-state index contributed by atoms with van der Waals surface area (Å²) in [5.41, 5.74) is 1.20. The van der Waals surface area contributed by atoms with Gasteiger partial charge in [-0.1, -0.05) is 5.16 Å². The van der Waals surface area contributed by atoms with Crippen LogP contribution in [0.4, 0.5) is 5.82 Å². The Bertz CT molecular complexity index is 688. The highest BCUT2D eigenvalue weighted by atomic mass is 16.5. The van der Waals surface area contributed by atoms with E-state index in [-0.39, 0.29) is 12.5 Å². The highest BCUT2D eigenvalue weighted by Gasteiger charge is 2.23. The quantitative estimate of drug-likeness (QED) is 0.785. The summed E-state index contributed by atoms with van der Waals surface area (Å²) >= 11 is 0. The van der Waals surface area contributed by atoms with Crippen molar-refractivity contribution in [3.05, 3.63) is 29.8 Å². The molecule has 2 aromatic rings. The molecule has 8 heteroatoms. The summed E-state index contributed by atoms with van der Waals surface area (Å²) in [6.07, 6.45) is 4.33. The first-order valence-corrected chi connectivity index (χ1v) is 8.74. The normalized spacial score (nSPS) is 16.2. The fourth-order valence-corrected chi connectivity index (χ4v) is 3.31. The van der Waals surface area contributed by atoms with E-state index in [0.717, 1.165) is 32.5 Å². The lowest BCUT2D eigenvalue weighted by molar-refractivity contribution is -0.116. The molecule has 25 heavy (non-hydrogen) atoms. The number of aromatic nitrogens is 3. The molecule has 2 N–H and O–H groups in total. The van der Waals surface area contributed by atoms with Gasteiger partial charge in [0, 0.05) is 36.8 Å². The van der Waals surface area contributed by atoms with E-state index < -0.39 is 0 Å². The third-order valence-electron chi connectivity index (χ3n) is 4.62. The smallest absolute Gasteiger partial charge is 0.226 e. The third kappa shape index (κ3) is 4.67. The van der Waals surface area contributed by atoms with Crippen LogP contribution in [0.3, 0.4) is 0 Å². The number of likely N-dealkylation sites (tertiary alicyclic amines) is 1. The van der Waals surface area contributed by atoms with E-state index in [4.69, 9.17) is 9.63 Å². The highest BCUT2D eigenvalue weighted by molar-refractivity contribution is 5.89. The molecule has 0 unspecified atom stereocenters. The Morgan fingerprint density at radius 3 is 2.88 bits per heavy atom. The molecule has 1 amide bonds. The van der Waals surface area contributed by atoms with E-state index in [1.165, 1.54) is 5.69 Å². The number of aryl methyl sites for hydroxylation is 1. The van der Waals surface area contributed by atoms with Crippen LogP contribution in [0.15, 0.2) is 22.9 Å². The minimum Gasteiger partial charge on any atom is -0.394 e. The van der Waals surface area contributed by atoms with Gasteiger partial charge in [0.2, 0.25) is 5.91 Å². The third-order valence-corrected chi connectivity index (χ3v) is 4.62. The monoisotopic (exact) mass is 347 g/mol. The lowest BCUT2D eigenvalue weighted by Crippen LogP contribution is -2.35. The molecule has 0 aromatic carbocycles. The number of aliphatic hydroxyl groups excluding tert-OH is 1. The maximum atomic E-state index is 12.0. The van der Waals surface area contributed by atoms with Crippen LogP contribution in [-0.2, 0) is 11.3 Å². The van der Waals surface area contributed by atoms with Crippen molar-refractivity contribution in [2.24, 2.45) is 0 Å². The predicted molar refractivity (Wildman–Crippen MR) is 92.2 cm³/mol. The molecule has 8 nitrogen and oxygen atoms in total. The van der Waals surface area contributed by atoms with Gasteiger partial charge >= 0.3 is 0 Å². The minimum atomic E-state index is -0.0450. The highest BCUT2D eigenvalue weighted by Crippen LogP contribution is 2.27. The summed E-state index contributed by atoms with van der Waals surface area (Å²) in [4.78, 5) is 14.3. The Morgan fingerprint density at radius 2 is 2.20 bits per heavy atom. The molecule has 3 rings (SSSR count). The van der Waals surface area contributed by atoms with Gasteiger partial charge in [0.1, 0.15) is 5.76 Å². The fraction of sp³-hybridized carbons (Fsp3) is 0.588. The summed E-state index contributed by atoms with van der Waals surface area (Å²) in [6, 6.07) is 3.75. The molecule has 0 aliphatic carbocycles. The first-order chi connectivity index (χ1) is 12.2. The Morgan fingerprint density at radius 1 is 1.40 bits per heavy atom. The molecule has 3 heterocycles. The van der Waals surface area contributed by atoms with Gasteiger partial charge in [0.05, 0.1) is 13.2 Å².